The van der Waals surface area contributed by atoms with Crippen LogP contribution in [-0.4, -0.2) is 46.9 Å². The molecule has 64 heavy (non-hydrogen) atoms. The van der Waals surface area contributed by atoms with E-state index in [9.17, 15) is 19.8 Å². The molecule has 3 unspecified atom stereocenters. The smallest absolute Gasteiger partial charge is 0.306 e. The van der Waals surface area contributed by atoms with Crippen LogP contribution < -0.4 is 5.32 Å². The molecule has 0 aromatic carbocycles. The number of nitrogens with one attached hydrogen (secondary N) is 1. The van der Waals surface area contributed by atoms with Gasteiger partial charge in [-0.05, 0) is 96.3 Å². The number of aliphatic hydroxyl groups excluding tert-OH is 2. The molecule has 0 heterocycles. The lowest BCUT2D eigenvalue weighted by molar-refractivity contribution is -0.151. The highest BCUT2D eigenvalue weighted by Gasteiger charge is 2.24. The molecule has 6 nitrogen and oxygen atoms in total. The normalized spacial score (nSPS) is 13.8. The second-order valence-electron chi connectivity index (χ2n) is 18.2. The van der Waals surface area contributed by atoms with Gasteiger partial charge in [0.2, 0.25) is 5.91 Å². The molecule has 0 aliphatic heterocycles. The van der Waals surface area contributed by atoms with E-state index in [1.165, 1.54) is 109 Å². The molecule has 0 aliphatic rings. The molecule has 1 amide bonds. The van der Waals surface area contributed by atoms with Gasteiger partial charge in [0.25, 0.3) is 0 Å². The predicted molar refractivity (Wildman–Crippen MR) is 278 cm³/mol. The molecule has 0 saturated heterocycles. The first kappa shape index (κ1) is 61.3. The van der Waals surface area contributed by atoms with Crippen molar-refractivity contribution in [3.8, 4) is 0 Å². The SMILES string of the molecule is CC/C=C/C/C=C/C/C=C/CCCCCCC(=O)OC(CCCC/C=C\C/C=C\C/C=C\CCCCC)CC(=O)NC(CO)C(O)CCCCCCCCCCCCCCCCCC. The van der Waals surface area contributed by atoms with Crippen LogP contribution in [0.1, 0.15) is 258 Å². The number of ether oxygens (including phenoxy) is 1. The average molecular weight is 894 g/mol. The number of allylic oxidation sites excluding steroid dienone is 12. The van der Waals surface area contributed by atoms with E-state index in [2.05, 4.69) is 99.0 Å². The van der Waals surface area contributed by atoms with Crippen molar-refractivity contribution < 1.29 is 24.5 Å². The molecular formula is C58H103NO5. The standard InChI is InChI=1S/C58H103NO5/c1-4-7-10-13-16-19-22-25-28-30-32-35-38-41-44-47-50-56(61)55(53-60)59-57(62)52-54(49-46-43-40-37-34-31-29-26-23-20-17-14-11-8-5-2)64-58(63)51-48-45-42-39-36-33-27-24-21-18-15-12-9-6-3/h9,12,17-18,20-21,26-27,29,33-34,37,54-56,60-61H,4-8,10-11,13-16,19,22-25,28,30-32,35-36,38-53H2,1-3H3,(H,59,62)/b12-9+,20-17-,21-18+,29-26-,33-27+,37-34-. The molecule has 6 heteroatoms. The molecule has 0 aliphatic carbocycles. The van der Waals surface area contributed by atoms with Gasteiger partial charge in [-0.2, -0.15) is 0 Å². The van der Waals surface area contributed by atoms with E-state index in [0.717, 1.165) is 103 Å². The lowest BCUT2D eigenvalue weighted by Crippen LogP contribution is -2.46. The molecule has 370 valence electrons. The number of unbranched alkanes of at least 4 members (excludes halogenated alkanes) is 24. The molecular weight excluding hydrogens is 791 g/mol. The highest BCUT2D eigenvalue weighted by Crippen LogP contribution is 2.17. The second kappa shape index (κ2) is 51.3. The van der Waals surface area contributed by atoms with Crippen LogP contribution in [0, 0.1) is 0 Å². The molecule has 0 fully saturated rings. The summed E-state index contributed by atoms with van der Waals surface area (Å²) in [5, 5.41) is 23.8. The van der Waals surface area contributed by atoms with Crippen LogP contribution >= 0.6 is 0 Å². The minimum atomic E-state index is -0.805. The van der Waals surface area contributed by atoms with E-state index in [0.29, 0.717) is 19.3 Å². The van der Waals surface area contributed by atoms with Crippen LogP contribution in [0.25, 0.3) is 0 Å². The van der Waals surface area contributed by atoms with Gasteiger partial charge in [0.1, 0.15) is 6.10 Å². The zero-order valence-corrected chi connectivity index (χ0v) is 42.1. The molecule has 0 aromatic heterocycles. The van der Waals surface area contributed by atoms with Crippen molar-refractivity contribution in [3.63, 3.8) is 0 Å². The van der Waals surface area contributed by atoms with Gasteiger partial charge in [0.15, 0.2) is 0 Å². The number of amides is 1. The fourth-order valence-corrected chi connectivity index (χ4v) is 7.92. The molecule has 0 spiro atoms. The first-order chi connectivity index (χ1) is 31.5. The fraction of sp³-hybridized carbons (Fsp3) is 0.759. The van der Waals surface area contributed by atoms with E-state index in [4.69, 9.17) is 4.74 Å². The number of aliphatic hydroxyl groups is 2. The van der Waals surface area contributed by atoms with Crippen LogP contribution in [0.15, 0.2) is 72.9 Å². The summed E-state index contributed by atoms with van der Waals surface area (Å²) in [7, 11) is 0. The van der Waals surface area contributed by atoms with Crippen LogP contribution in [0.2, 0.25) is 0 Å². The third kappa shape index (κ3) is 45.9. The molecule has 0 bridgehead atoms. The summed E-state index contributed by atoms with van der Waals surface area (Å²) in [6.07, 6.45) is 65.3. The Kier molecular flexibility index (Phi) is 49.1. The largest absolute Gasteiger partial charge is 0.462 e. The summed E-state index contributed by atoms with van der Waals surface area (Å²) in [5.74, 6) is -0.537. The zero-order chi connectivity index (χ0) is 46.7. The van der Waals surface area contributed by atoms with E-state index in [1.54, 1.807) is 0 Å². The van der Waals surface area contributed by atoms with Crippen molar-refractivity contribution in [1.82, 2.24) is 5.32 Å². The van der Waals surface area contributed by atoms with Crippen LogP contribution in [0.4, 0.5) is 0 Å². The topological polar surface area (TPSA) is 95.9 Å². The van der Waals surface area contributed by atoms with E-state index < -0.39 is 18.2 Å². The highest BCUT2D eigenvalue weighted by atomic mass is 16.5. The number of carbonyl (C=O) groups excluding carboxylic acids is 2. The van der Waals surface area contributed by atoms with Gasteiger partial charge in [-0.1, -0.05) is 222 Å². The summed E-state index contributed by atoms with van der Waals surface area (Å²) in [4.78, 5) is 26.2. The molecule has 3 atom stereocenters. The Bertz CT molecular complexity index is 1190. The summed E-state index contributed by atoms with van der Waals surface area (Å²) < 4.78 is 5.91. The van der Waals surface area contributed by atoms with Gasteiger partial charge >= 0.3 is 5.97 Å². The third-order valence-corrected chi connectivity index (χ3v) is 12.0. The van der Waals surface area contributed by atoms with Crippen molar-refractivity contribution in [2.75, 3.05) is 6.61 Å². The number of hydrogen-bond acceptors (Lipinski definition) is 5. The second-order valence-corrected chi connectivity index (χ2v) is 18.2. The zero-order valence-electron chi connectivity index (χ0n) is 42.1. The van der Waals surface area contributed by atoms with Gasteiger partial charge in [-0.3, -0.25) is 9.59 Å². The molecule has 0 aromatic rings. The van der Waals surface area contributed by atoms with Crippen LogP contribution in [0.5, 0.6) is 0 Å². The summed E-state index contributed by atoms with van der Waals surface area (Å²) >= 11 is 0. The number of carbonyl (C=O) groups is 2. The maximum atomic E-state index is 13.2. The minimum absolute atomic E-state index is 0.0403. The van der Waals surface area contributed by atoms with Crippen molar-refractivity contribution >= 4 is 11.9 Å². The Morgan fingerprint density at radius 1 is 0.469 bits per heavy atom. The van der Waals surface area contributed by atoms with Crippen LogP contribution in [-0.2, 0) is 14.3 Å². The lowest BCUT2D eigenvalue weighted by Gasteiger charge is -2.24. The summed E-state index contributed by atoms with van der Waals surface area (Å²) in [6, 6.07) is -0.722. The number of rotatable bonds is 48. The molecule has 0 rings (SSSR count). The maximum absolute atomic E-state index is 13.2. The molecule has 0 radical (unpaired) electrons. The highest BCUT2D eigenvalue weighted by molar-refractivity contribution is 5.77. The maximum Gasteiger partial charge on any atom is 0.306 e. The summed E-state index contributed by atoms with van der Waals surface area (Å²) in [5.41, 5.74) is 0. The van der Waals surface area contributed by atoms with Crippen molar-refractivity contribution in [1.29, 1.82) is 0 Å². The van der Waals surface area contributed by atoms with Gasteiger partial charge < -0.3 is 20.3 Å². The quantitative estimate of drug-likeness (QED) is 0.0321. The molecule has 0 saturated carbocycles. The molecule has 3 N–H and O–H groups in total. The monoisotopic (exact) mass is 894 g/mol. The van der Waals surface area contributed by atoms with Gasteiger partial charge in [0, 0.05) is 6.42 Å². The van der Waals surface area contributed by atoms with Gasteiger partial charge in [-0.15, -0.1) is 0 Å². The van der Waals surface area contributed by atoms with Gasteiger partial charge in [-0.25, -0.2) is 0 Å². The Labute approximate surface area is 396 Å². The van der Waals surface area contributed by atoms with Crippen molar-refractivity contribution in [2.24, 2.45) is 0 Å². The summed E-state index contributed by atoms with van der Waals surface area (Å²) in [6.45, 7) is 6.34. The Hall–Kier alpha value is -2.70. The number of esters is 1. The number of hydrogen-bond donors (Lipinski definition) is 3. The van der Waals surface area contributed by atoms with Crippen molar-refractivity contribution in [3.05, 3.63) is 72.9 Å². The van der Waals surface area contributed by atoms with Gasteiger partial charge in [0.05, 0.1) is 25.2 Å². The van der Waals surface area contributed by atoms with E-state index in [-0.39, 0.29) is 24.9 Å². The fourth-order valence-electron chi connectivity index (χ4n) is 7.92. The minimum Gasteiger partial charge on any atom is -0.462 e. The third-order valence-electron chi connectivity index (χ3n) is 12.0. The average Bonchev–Trinajstić information content (AvgIpc) is 3.29. The Morgan fingerprint density at radius 3 is 1.33 bits per heavy atom. The van der Waals surface area contributed by atoms with Crippen LogP contribution in [0.3, 0.4) is 0 Å². The van der Waals surface area contributed by atoms with Crippen molar-refractivity contribution in [2.45, 2.75) is 277 Å². The Morgan fingerprint density at radius 2 is 0.844 bits per heavy atom. The first-order valence-electron chi connectivity index (χ1n) is 27.2. The Balaban J connectivity index is 4.65. The first-order valence-corrected chi connectivity index (χ1v) is 27.2. The van der Waals surface area contributed by atoms with E-state index in [1.807, 2.05) is 0 Å². The lowest BCUT2D eigenvalue weighted by atomic mass is 10.0. The van der Waals surface area contributed by atoms with E-state index >= 15 is 0 Å². The predicted octanol–water partition coefficient (Wildman–Crippen LogP) is 16.6.